The zero-order valence-electron chi connectivity index (χ0n) is 6.81. The van der Waals surface area contributed by atoms with Gasteiger partial charge in [0.15, 0.2) is 0 Å². The average Bonchev–Trinajstić information content (AvgIpc) is 2.15. The van der Waals surface area contributed by atoms with Crippen LogP contribution < -0.4 is 0 Å². The molecule has 0 bridgehead atoms. The fourth-order valence-electron chi connectivity index (χ4n) is 0.980. The Morgan fingerprint density at radius 1 is 1.60 bits per heavy atom. The van der Waals surface area contributed by atoms with Crippen molar-refractivity contribution in [3.63, 3.8) is 0 Å². The third kappa shape index (κ3) is 1.59. The maximum atomic E-state index is 4.20. The molecule has 0 aliphatic carbocycles. The molecule has 1 rings (SSSR count). The van der Waals surface area contributed by atoms with Crippen LogP contribution in [-0.4, -0.2) is 9.97 Å². The van der Waals surface area contributed by atoms with Gasteiger partial charge < -0.3 is 4.98 Å². The molecular formula is C8H14N2. The summed E-state index contributed by atoms with van der Waals surface area (Å²) < 4.78 is 0. The van der Waals surface area contributed by atoms with Gasteiger partial charge in [0.05, 0.1) is 12.0 Å². The van der Waals surface area contributed by atoms with Gasteiger partial charge in [-0.15, -0.1) is 0 Å². The van der Waals surface area contributed by atoms with Crippen LogP contribution in [0, 0.1) is 12.8 Å². The van der Waals surface area contributed by atoms with Crippen molar-refractivity contribution in [1.82, 2.24) is 9.97 Å². The van der Waals surface area contributed by atoms with E-state index in [1.165, 1.54) is 11.4 Å². The highest BCUT2D eigenvalue weighted by molar-refractivity contribution is 5.08. The first kappa shape index (κ1) is 7.32. The molecule has 1 heterocycles. The lowest BCUT2D eigenvalue weighted by Gasteiger charge is -2.00. The molecule has 0 aliphatic heterocycles. The van der Waals surface area contributed by atoms with Crippen LogP contribution >= 0.6 is 0 Å². The van der Waals surface area contributed by atoms with Crippen molar-refractivity contribution in [2.24, 2.45) is 5.92 Å². The number of hydrogen-bond acceptors (Lipinski definition) is 1. The fourth-order valence-corrected chi connectivity index (χ4v) is 0.980. The third-order valence-electron chi connectivity index (χ3n) is 1.54. The quantitative estimate of drug-likeness (QED) is 0.664. The molecule has 0 spiro atoms. The molecule has 1 aromatic rings. The molecular weight excluding hydrogens is 124 g/mol. The highest BCUT2D eigenvalue weighted by Crippen LogP contribution is 2.07. The Morgan fingerprint density at radius 2 is 2.30 bits per heavy atom. The largest absolute Gasteiger partial charge is 0.348 e. The standard InChI is InChI=1S/C8H14N2/c1-6(2)4-8-7(3)9-5-10-8/h5-6H,4H2,1-3H3,(H,9,10). The molecule has 2 heteroatoms. The summed E-state index contributed by atoms with van der Waals surface area (Å²) in [6, 6.07) is 0. The zero-order chi connectivity index (χ0) is 7.56. The Hall–Kier alpha value is -0.790. The van der Waals surface area contributed by atoms with E-state index in [9.17, 15) is 0 Å². The lowest BCUT2D eigenvalue weighted by atomic mass is 10.1. The summed E-state index contributed by atoms with van der Waals surface area (Å²) in [7, 11) is 0. The number of aromatic amines is 1. The Labute approximate surface area is 61.7 Å². The maximum absolute atomic E-state index is 4.20. The van der Waals surface area contributed by atoms with Crippen LogP contribution in [0.4, 0.5) is 0 Å². The molecule has 0 amide bonds. The van der Waals surface area contributed by atoms with Crippen molar-refractivity contribution in [3.8, 4) is 0 Å². The molecule has 0 aromatic carbocycles. The van der Waals surface area contributed by atoms with Crippen LogP contribution in [0.1, 0.15) is 25.2 Å². The van der Waals surface area contributed by atoms with E-state index < -0.39 is 0 Å². The van der Waals surface area contributed by atoms with Gasteiger partial charge in [-0.1, -0.05) is 13.8 Å². The molecule has 0 atom stereocenters. The topological polar surface area (TPSA) is 28.7 Å². The number of nitrogens with one attached hydrogen (secondary N) is 1. The second-order valence-electron chi connectivity index (χ2n) is 3.07. The number of rotatable bonds is 2. The SMILES string of the molecule is Cc1[nH]cnc1CC(C)C. The van der Waals surface area contributed by atoms with Gasteiger partial charge in [-0.2, -0.15) is 0 Å². The Bertz CT molecular complexity index is 201. The minimum absolute atomic E-state index is 0.696. The van der Waals surface area contributed by atoms with E-state index in [4.69, 9.17) is 0 Å². The van der Waals surface area contributed by atoms with Gasteiger partial charge in [0.1, 0.15) is 0 Å². The summed E-state index contributed by atoms with van der Waals surface area (Å²) in [4.78, 5) is 7.26. The van der Waals surface area contributed by atoms with Gasteiger partial charge in [-0.3, -0.25) is 0 Å². The van der Waals surface area contributed by atoms with Crippen molar-refractivity contribution in [2.45, 2.75) is 27.2 Å². The van der Waals surface area contributed by atoms with E-state index in [-0.39, 0.29) is 0 Å². The smallest absolute Gasteiger partial charge is 0.0925 e. The number of aromatic nitrogens is 2. The minimum Gasteiger partial charge on any atom is -0.348 e. The minimum atomic E-state index is 0.696. The monoisotopic (exact) mass is 138 g/mol. The summed E-state index contributed by atoms with van der Waals surface area (Å²) in [5.41, 5.74) is 2.41. The number of aryl methyl sites for hydroxylation is 1. The molecule has 0 radical (unpaired) electrons. The van der Waals surface area contributed by atoms with E-state index >= 15 is 0 Å². The van der Waals surface area contributed by atoms with Crippen molar-refractivity contribution in [1.29, 1.82) is 0 Å². The fraction of sp³-hybridized carbons (Fsp3) is 0.625. The van der Waals surface area contributed by atoms with Gasteiger partial charge in [-0.05, 0) is 19.3 Å². The van der Waals surface area contributed by atoms with Crippen molar-refractivity contribution >= 4 is 0 Å². The molecule has 0 saturated carbocycles. The normalized spacial score (nSPS) is 10.8. The Balaban J connectivity index is 2.65. The lowest BCUT2D eigenvalue weighted by molar-refractivity contribution is 0.635. The van der Waals surface area contributed by atoms with Gasteiger partial charge in [0.2, 0.25) is 0 Å². The van der Waals surface area contributed by atoms with Gasteiger partial charge in [0.25, 0.3) is 0 Å². The second-order valence-corrected chi connectivity index (χ2v) is 3.07. The van der Waals surface area contributed by atoms with Crippen molar-refractivity contribution in [2.75, 3.05) is 0 Å². The highest BCUT2D eigenvalue weighted by Gasteiger charge is 2.02. The highest BCUT2D eigenvalue weighted by atomic mass is 14.9. The van der Waals surface area contributed by atoms with Gasteiger partial charge in [-0.25, -0.2) is 4.98 Å². The number of imidazole rings is 1. The molecule has 2 nitrogen and oxygen atoms in total. The lowest BCUT2D eigenvalue weighted by Crippen LogP contribution is -1.95. The van der Waals surface area contributed by atoms with Crippen LogP contribution in [-0.2, 0) is 6.42 Å². The summed E-state index contributed by atoms with van der Waals surface area (Å²) in [5, 5.41) is 0. The number of nitrogens with zero attached hydrogens (tertiary/aromatic N) is 1. The zero-order valence-corrected chi connectivity index (χ0v) is 6.81. The second kappa shape index (κ2) is 2.86. The van der Waals surface area contributed by atoms with E-state index in [1.807, 2.05) is 0 Å². The predicted octanol–water partition coefficient (Wildman–Crippen LogP) is 1.92. The summed E-state index contributed by atoms with van der Waals surface area (Å²) in [6.07, 6.45) is 2.84. The van der Waals surface area contributed by atoms with E-state index in [0.29, 0.717) is 5.92 Å². The predicted molar refractivity (Wildman–Crippen MR) is 41.9 cm³/mol. The third-order valence-corrected chi connectivity index (χ3v) is 1.54. The van der Waals surface area contributed by atoms with Crippen LogP contribution in [0.5, 0.6) is 0 Å². The molecule has 0 aliphatic rings. The van der Waals surface area contributed by atoms with E-state index in [1.54, 1.807) is 6.33 Å². The molecule has 10 heavy (non-hydrogen) atoms. The van der Waals surface area contributed by atoms with Crippen LogP contribution in [0.25, 0.3) is 0 Å². The number of H-pyrrole nitrogens is 1. The Morgan fingerprint density at radius 3 is 2.70 bits per heavy atom. The number of hydrogen-bond donors (Lipinski definition) is 1. The van der Waals surface area contributed by atoms with Gasteiger partial charge >= 0.3 is 0 Å². The van der Waals surface area contributed by atoms with Crippen molar-refractivity contribution < 1.29 is 0 Å². The maximum Gasteiger partial charge on any atom is 0.0925 e. The van der Waals surface area contributed by atoms with E-state index in [0.717, 1.165) is 6.42 Å². The summed E-state index contributed by atoms with van der Waals surface area (Å²) in [6.45, 7) is 6.47. The van der Waals surface area contributed by atoms with Crippen LogP contribution in [0.3, 0.4) is 0 Å². The summed E-state index contributed by atoms with van der Waals surface area (Å²) in [5.74, 6) is 0.696. The Kier molecular flexibility index (Phi) is 2.10. The first-order chi connectivity index (χ1) is 4.70. The molecule has 56 valence electrons. The first-order valence-electron chi connectivity index (χ1n) is 3.69. The molecule has 0 saturated heterocycles. The molecule has 1 N–H and O–H groups in total. The summed E-state index contributed by atoms with van der Waals surface area (Å²) >= 11 is 0. The molecule has 1 aromatic heterocycles. The molecule has 0 unspecified atom stereocenters. The molecule has 0 fully saturated rings. The first-order valence-corrected chi connectivity index (χ1v) is 3.69. The average molecular weight is 138 g/mol. The van der Waals surface area contributed by atoms with Crippen LogP contribution in [0.2, 0.25) is 0 Å². The van der Waals surface area contributed by atoms with E-state index in [2.05, 4.69) is 30.7 Å². The van der Waals surface area contributed by atoms with Crippen molar-refractivity contribution in [3.05, 3.63) is 17.7 Å². The van der Waals surface area contributed by atoms with Crippen LogP contribution in [0.15, 0.2) is 6.33 Å². The van der Waals surface area contributed by atoms with Gasteiger partial charge in [0, 0.05) is 5.69 Å².